The van der Waals surface area contributed by atoms with E-state index in [0.717, 1.165) is 0 Å². The van der Waals surface area contributed by atoms with Crippen LogP contribution in [0, 0.1) is 0 Å². The standard InChI is InChI=1S/C11H17NO4/c1-7(13)11(2,3)12-5-9-4-8(6-16-9)10(14)15/h4,6-7,12-13H,5H2,1-3H3,(H,14,15). The number of nitrogens with one attached hydrogen (secondary N) is 1. The maximum atomic E-state index is 10.6. The van der Waals surface area contributed by atoms with Crippen molar-refractivity contribution in [2.45, 2.75) is 39.0 Å². The van der Waals surface area contributed by atoms with Crippen molar-refractivity contribution >= 4 is 5.97 Å². The molecule has 0 fully saturated rings. The molecule has 16 heavy (non-hydrogen) atoms. The van der Waals surface area contributed by atoms with Gasteiger partial charge in [-0.3, -0.25) is 0 Å². The molecule has 0 bridgehead atoms. The molecule has 90 valence electrons. The normalized spacial score (nSPS) is 13.8. The maximum absolute atomic E-state index is 10.6. The average molecular weight is 227 g/mol. The van der Waals surface area contributed by atoms with Gasteiger partial charge in [-0.1, -0.05) is 0 Å². The summed E-state index contributed by atoms with van der Waals surface area (Å²) in [6.07, 6.45) is 0.691. The topological polar surface area (TPSA) is 82.7 Å². The van der Waals surface area contributed by atoms with Gasteiger partial charge in [0.1, 0.15) is 12.0 Å². The first-order chi connectivity index (χ1) is 7.33. The fourth-order valence-corrected chi connectivity index (χ4v) is 1.05. The molecule has 1 aromatic rings. The Morgan fingerprint density at radius 1 is 1.62 bits per heavy atom. The van der Waals surface area contributed by atoms with Gasteiger partial charge in [0.2, 0.25) is 0 Å². The van der Waals surface area contributed by atoms with Crippen molar-refractivity contribution in [3.05, 3.63) is 23.7 Å². The molecule has 0 amide bonds. The van der Waals surface area contributed by atoms with E-state index >= 15 is 0 Å². The molecule has 0 saturated heterocycles. The summed E-state index contributed by atoms with van der Waals surface area (Å²) < 4.78 is 5.08. The first-order valence-corrected chi connectivity index (χ1v) is 5.06. The highest BCUT2D eigenvalue weighted by Crippen LogP contribution is 2.12. The van der Waals surface area contributed by atoms with Crippen LogP contribution < -0.4 is 5.32 Å². The number of carbonyl (C=O) groups is 1. The van der Waals surface area contributed by atoms with Gasteiger partial charge in [0.15, 0.2) is 0 Å². The second-order valence-corrected chi connectivity index (χ2v) is 4.36. The van der Waals surface area contributed by atoms with Crippen LogP contribution >= 0.6 is 0 Å². The van der Waals surface area contributed by atoms with E-state index in [2.05, 4.69) is 5.32 Å². The van der Waals surface area contributed by atoms with E-state index in [9.17, 15) is 9.90 Å². The van der Waals surface area contributed by atoms with Crippen LogP contribution in [0.15, 0.2) is 16.7 Å². The monoisotopic (exact) mass is 227 g/mol. The lowest BCUT2D eigenvalue weighted by atomic mass is 9.99. The van der Waals surface area contributed by atoms with Crippen molar-refractivity contribution < 1.29 is 19.4 Å². The summed E-state index contributed by atoms with van der Waals surface area (Å²) in [5.41, 5.74) is -0.317. The molecule has 0 aliphatic rings. The number of aromatic carboxylic acids is 1. The second kappa shape index (κ2) is 4.67. The van der Waals surface area contributed by atoms with E-state index in [4.69, 9.17) is 9.52 Å². The quantitative estimate of drug-likeness (QED) is 0.704. The van der Waals surface area contributed by atoms with Gasteiger partial charge in [0, 0.05) is 5.54 Å². The molecule has 1 aromatic heterocycles. The van der Waals surface area contributed by atoms with Crippen molar-refractivity contribution in [1.82, 2.24) is 5.32 Å². The number of carboxylic acid groups (broad SMARTS) is 1. The predicted molar refractivity (Wildman–Crippen MR) is 58.3 cm³/mol. The van der Waals surface area contributed by atoms with Gasteiger partial charge in [0.05, 0.1) is 18.2 Å². The van der Waals surface area contributed by atoms with E-state index < -0.39 is 17.6 Å². The van der Waals surface area contributed by atoms with E-state index in [1.807, 2.05) is 13.8 Å². The van der Waals surface area contributed by atoms with Gasteiger partial charge < -0.3 is 19.9 Å². The van der Waals surface area contributed by atoms with Crippen LogP contribution in [0.4, 0.5) is 0 Å². The highest BCUT2D eigenvalue weighted by molar-refractivity contribution is 5.87. The summed E-state index contributed by atoms with van der Waals surface area (Å²) in [6, 6.07) is 1.47. The first-order valence-electron chi connectivity index (χ1n) is 5.06. The zero-order valence-electron chi connectivity index (χ0n) is 9.65. The van der Waals surface area contributed by atoms with Crippen LogP contribution in [0.2, 0.25) is 0 Å². The van der Waals surface area contributed by atoms with Crippen LogP contribution in [0.25, 0.3) is 0 Å². The maximum Gasteiger partial charge on any atom is 0.338 e. The van der Waals surface area contributed by atoms with E-state index in [1.54, 1.807) is 6.92 Å². The Hall–Kier alpha value is -1.33. The molecule has 5 nitrogen and oxygen atoms in total. The van der Waals surface area contributed by atoms with Crippen molar-refractivity contribution in [3.63, 3.8) is 0 Å². The Bertz CT molecular complexity index is 368. The summed E-state index contributed by atoms with van der Waals surface area (Å²) in [4.78, 5) is 10.6. The highest BCUT2D eigenvalue weighted by atomic mass is 16.4. The minimum atomic E-state index is -1.01. The van der Waals surface area contributed by atoms with Crippen LogP contribution in [-0.4, -0.2) is 27.8 Å². The predicted octanol–water partition coefficient (Wildman–Crippen LogP) is 1.23. The third kappa shape index (κ3) is 3.08. The molecule has 1 atom stereocenters. The average Bonchev–Trinajstić information content (AvgIpc) is 2.63. The molecule has 1 rings (SSSR count). The van der Waals surface area contributed by atoms with E-state index in [0.29, 0.717) is 12.3 Å². The molecule has 1 unspecified atom stereocenters. The van der Waals surface area contributed by atoms with E-state index in [1.165, 1.54) is 12.3 Å². The zero-order valence-corrected chi connectivity index (χ0v) is 9.65. The molecule has 0 aromatic carbocycles. The Labute approximate surface area is 94.1 Å². The molecule has 1 heterocycles. The Morgan fingerprint density at radius 2 is 2.25 bits per heavy atom. The van der Waals surface area contributed by atoms with E-state index in [-0.39, 0.29) is 5.56 Å². The van der Waals surface area contributed by atoms with Crippen molar-refractivity contribution in [2.75, 3.05) is 0 Å². The molecular formula is C11H17NO4. The minimum absolute atomic E-state index is 0.131. The summed E-state index contributed by atoms with van der Waals surface area (Å²) in [6.45, 7) is 5.79. The minimum Gasteiger partial charge on any atom is -0.478 e. The molecular weight excluding hydrogens is 210 g/mol. The number of hydrogen-bond acceptors (Lipinski definition) is 4. The van der Waals surface area contributed by atoms with Gasteiger partial charge in [-0.15, -0.1) is 0 Å². The molecule has 0 saturated carbocycles. The smallest absolute Gasteiger partial charge is 0.338 e. The van der Waals surface area contributed by atoms with Gasteiger partial charge >= 0.3 is 5.97 Å². The molecule has 0 radical (unpaired) electrons. The molecule has 0 aliphatic heterocycles. The lowest BCUT2D eigenvalue weighted by molar-refractivity contribution is 0.0696. The van der Waals surface area contributed by atoms with Crippen molar-refractivity contribution in [2.24, 2.45) is 0 Å². The summed E-state index contributed by atoms with van der Waals surface area (Å²) in [7, 11) is 0. The zero-order chi connectivity index (χ0) is 12.3. The number of carboxylic acids is 1. The van der Waals surface area contributed by atoms with Crippen LogP contribution in [-0.2, 0) is 6.54 Å². The molecule has 0 spiro atoms. The molecule has 3 N–H and O–H groups in total. The SMILES string of the molecule is CC(O)C(C)(C)NCc1cc(C(=O)O)co1. The second-order valence-electron chi connectivity index (χ2n) is 4.36. The fourth-order valence-electron chi connectivity index (χ4n) is 1.05. The Kier molecular flexibility index (Phi) is 3.72. The fraction of sp³-hybridized carbons (Fsp3) is 0.545. The third-order valence-corrected chi connectivity index (χ3v) is 2.66. The van der Waals surface area contributed by atoms with Gasteiger partial charge in [0.25, 0.3) is 0 Å². The lowest BCUT2D eigenvalue weighted by Gasteiger charge is -2.29. The summed E-state index contributed by atoms with van der Waals surface area (Å²) in [5, 5.41) is 21.2. The number of hydrogen-bond donors (Lipinski definition) is 3. The highest BCUT2D eigenvalue weighted by Gasteiger charge is 2.23. The molecule has 0 aliphatic carbocycles. The summed E-state index contributed by atoms with van der Waals surface area (Å²) >= 11 is 0. The Morgan fingerprint density at radius 3 is 2.69 bits per heavy atom. The first kappa shape index (κ1) is 12.7. The van der Waals surface area contributed by atoms with Crippen molar-refractivity contribution in [1.29, 1.82) is 0 Å². The van der Waals surface area contributed by atoms with Gasteiger partial charge in [-0.25, -0.2) is 4.79 Å². The van der Waals surface area contributed by atoms with Crippen LogP contribution in [0.1, 0.15) is 36.9 Å². The van der Waals surface area contributed by atoms with Crippen molar-refractivity contribution in [3.8, 4) is 0 Å². The number of rotatable bonds is 5. The number of aliphatic hydroxyl groups excluding tert-OH is 1. The Balaban J connectivity index is 2.58. The number of aliphatic hydroxyl groups is 1. The summed E-state index contributed by atoms with van der Waals surface area (Å²) in [5.74, 6) is -0.476. The molecule has 5 heteroatoms. The number of furan rings is 1. The van der Waals surface area contributed by atoms with Crippen LogP contribution in [0.5, 0.6) is 0 Å². The van der Waals surface area contributed by atoms with Crippen LogP contribution in [0.3, 0.4) is 0 Å². The van der Waals surface area contributed by atoms with Gasteiger partial charge in [-0.05, 0) is 26.8 Å². The largest absolute Gasteiger partial charge is 0.478 e. The van der Waals surface area contributed by atoms with Gasteiger partial charge in [-0.2, -0.15) is 0 Å². The third-order valence-electron chi connectivity index (χ3n) is 2.66. The lowest BCUT2D eigenvalue weighted by Crippen LogP contribution is -2.47.